The molecule has 3 unspecified atom stereocenters. The summed E-state index contributed by atoms with van der Waals surface area (Å²) in [6.07, 6.45) is 2.53. The number of hydrogen-bond acceptors (Lipinski definition) is 2. The van der Waals surface area contributed by atoms with Crippen LogP contribution >= 0.6 is 0 Å². The van der Waals surface area contributed by atoms with E-state index in [0.29, 0.717) is 17.4 Å². The molecular formula is C12H25NO. The molecule has 0 bridgehead atoms. The normalized spacial score (nSPS) is 28.5. The van der Waals surface area contributed by atoms with Gasteiger partial charge in [-0.25, -0.2) is 0 Å². The van der Waals surface area contributed by atoms with Crippen molar-refractivity contribution >= 4 is 0 Å². The summed E-state index contributed by atoms with van der Waals surface area (Å²) in [6.45, 7) is 7.94. The monoisotopic (exact) mass is 199 g/mol. The Balaban J connectivity index is 2.38. The van der Waals surface area contributed by atoms with Gasteiger partial charge in [-0.2, -0.15) is 0 Å². The van der Waals surface area contributed by atoms with E-state index in [4.69, 9.17) is 4.74 Å². The Kier molecular flexibility index (Phi) is 3.96. The van der Waals surface area contributed by atoms with Crippen molar-refractivity contribution in [1.29, 1.82) is 0 Å². The summed E-state index contributed by atoms with van der Waals surface area (Å²) in [5.74, 6) is 1.58. The number of methoxy groups -OCH3 is 1. The third-order valence-corrected chi connectivity index (χ3v) is 3.75. The Bertz CT molecular complexity index is 179. The molecule has 1 saturated carbocycles. The van der Waals surface area contributed by atoms with Gasteiger partial charge in [0.15, 0.2) is 0 Å². The van der Waals surface area contributed by atoms with E-state index in [0.717, 1.165) is 18.9 Å². The van der Waals surface area contributed by atoms with Crippen molar-refractivity contribution in [3.05, 3.63) is 0 Å². The predicted molar refractivity (Wildman–Crippen MR) is 60.4 cm³/mol. The molecule has 0 radical (unpaired) electrons. The van der Waals surface area contributed by atoms with Crippen LogP contribution < -0.4 is 5.32 Å². The van der Waals surface area contributed by atoms with E-state index in [9.17, 15) is 0 Å². The molecular weight excluding hydrogens is 174 g/mol. The quantitative estimate of drug-likeness (QED) is 0.708. The van der Waals surface area contributed by atoms with Gasteiger partial charge in [-0.05, 0) is 37.1 Å². The van der Waals surface area contributed by atoms with Crippen LogP contribution in [0.1, 0.15) is 33.6 Å². The van der Waals surface area contributed by atoms with Gasteiger partial charge in [-0.1, -0.05) is 20.8 Å². The lowest BCUT2D eigenvalue weighted by Gasteiger charge is -2.25. The Hall–Kier alpha value is -0.0800. The van der Waals surface area contributed by atoms with Crippen LogP contribution in [0.25, 0.3) is 0 Å². The zero-order chi connectivity index (χ0) is 10.8. The molecule has 1 aliphatic rings. The standard InChI is InChI=1S/C12H25NO/c1-9(6-7-14-5)11(13-4)10-8-12(10,2)3/h9-11,13H,6-8H2,1-5H3. The lowest BCUT2D eigenvalue weighted by Crippen LogP contribution is -2.36. The van der Waals surface area contributed by atoms with Gasteiger partial charge in [0.25, 0.3) is 0 Å². The second-order valence-electron chi connectivity index (χ2n) is 5.37. The summed E-state index contributed by atoms with van der Waals surface area (Å²) in [6, 6.07) is 0.667. The fraction of sp³-hybridized carbons (Fsp3) is 1.00. The van der Waals surface area contributed by atoms with Crippen LogP contribution in [0.2, 0.25) is 0 Å². The largest absolute Gasteiger partial charge is 0.385 e. The van der Waals surface area contributed by atoms with E-state index in [1.807, 2.05) is 0 Å². The van der Waals surface area contributed by atoms with Crippen molar-refractivity contribution in [3.63, 3.8) is 0 Å². The van der Waals surface area contributed by atoms with Gasteiger partial charge in [0.2, 0.25) is 0 Å². The predicted octanol–water partition coefficient (Wildman–Crippen LogP) is 2.29. The van der Waals surface area contributed by atoms with E-state index in [-0.39, 0.29) is 0 Å². The highest BCUT2D eigenvalue weighted by Gasteiger charge is 2.50. The van der Waals surface area contributed by atoms with Gasteiger partial charge < -0.3 is 10.1 Å². The van der Waals surface area contributed by atoms with Crippen LogP contribution in [-0.4, -0.2) is 26.8 Å². The molecule has 0 amide bonds. The van der Waals surface area contributed by atoms with E-state index in [1.54, 1.807) is 7.11 Å². The molecule has 1 rings (SSSR count). The minimum atomic E-state index is 0.564. The molecule has 3 atom stereocenters. The maximum Gasteiger partial charge on any atom is 0.0465 e. The SMILES string of the molecule is CNC(C(C)CCOC)C1CC1(C)C. The molecule has 0 aliphatic heterocycles. The zero-order valence-electron chi connectivity index (χ0n) is 10.3. The lowest BCUT2D eigenvalue weighted by atomic mass is 9.91. The highest BCUT2D eigenvalue weighted by atomic mass is 16.5. The Morgan fingerprint density at radius 1 is 1.50 bits per heavy atom. The molecule has 0 aromatic rings. The van der Waals surface area contributed by atoms with Crippen LogP contribution in [0.15, 0.2) is 0 Å². The molecule has 0 heterocycles. The molecule has 0 aromatic carbocycles. The van der Waals surface area contributed by atoms with E-state index in [1.165, 1.54) is 6.42 Å². The van der Waals surface area contributed by atoms with Gasteiger partial charge >= 0.3 is 0 Å². The smallest absolute Gasteiger partial charge is 0.0465 e. The summed E-state index contributed by atoms with van der Waals surface area (Å²) in [5.41, 5.74) is 0.564. The summed E-state index contributed by atoms with van der Waals surface area (Å²) >= 11 is 0. The van der Waals surface area contributed by atoms with Crippen molar-refractivity contribution in [2.45, 2.75) is 39.7 Å². The van der Waals surface area contributed by atoms with Crippen molar-refractivity contribution in [2.24, 2.45) is 17.3 Å². The van der Waals surface area contributed by atoms with Crippen molar-refractivity contribution < 1.29 is 4.74 Å². The summed E-state index contributed by atoms with van der Waals surface area (Å²) in [5, 5.41) is 3.47. The van der Waals surface area contributed by atoms with E-state index in [2.05, 4.69) is 33.1 Å². The van der Waals surface area contributed by atoms with Gasteiger partial charge in [-0.15, -0.1) is 0 Å². The van der Waals surface area contributed by atoms with Gasteiger partial charge in [-0.3, -0.25) is 0 Å². The molecule has 0 spiro atoms. The number of rotatable bonds is 6. The third-order valence-electron chi connectivity index (χ3n) is 3.75. The molecule has 1 aliphatic carbocycles. The molecule has 0 saturated heterocycles. The Morgan fingerprint density at radius 3 is 2.43 bits per heavy atom. The molecule has 84 valence electrons. The van der Waals surface area contributed by atoms with Crippen LogP contribution in [0.4, 0.5) is 0 Å². The average Bonchev–Trinajstić information content (AvgIpc) is 2.73. The second kappa shape index (κ2) is 4.63. The minimum Gasteiger partial charge on any atom is -0.385 e. The Labute approximate surface area is 88.4 Å². The second-order valence-corrected chi connectivity index (χ2v) is 5.37. The van der Waals surface area contributed by atoms with Gasteiger partial charge in [0, 0.05) is 19.8 Å². The number of hydrogen-bond donors (Lipinski definition) is 1. The van der Waals surface area contributed by atoms with Crippen LogP contribution in [0, 0.1) is 17.3 Å². The first kappa shape index (κ1) is 12.0. The first-order chi connectivity index (χ1) is 6.53. The molecule has 0 aromatic heterocycles. The zero-order valence-corrected chi connectivity index (χ0v) is 10.3. The third kappa shape index (κ3) is 2.71. The number of ether oxygens (including phenoxy) is 1. The molecule has 1 fully saturated rings. The van der Waals surface area contributed by atoms with Crippen molar-refractivity contribution in [3.8, 4) is 0 Å². The first-order valence-electron chi connectivity index (χ1n) is 5.69. The summed E-state index contributed by atoms with van der Waals surface area (Å²) in [7, 11) is 3.87. The van der Waals surface area contributed by atoms with E-state index < -0.39 is 0 Å². The van der Waals surface area contributed by atoms with E-state index >= 15 is 0 Å². The first-order valence-corrected chi connectivity index (χ1v) is 5.69. The van der Waals surface area contributed by atoms with Crippen molar-refractivity contribution in [2.75, 3.05) is 20.8 Å². The molecule has 1 N–H and O–H groups in total. The fourth-order valence-electron chi connectivity index (χ4n) is 2.49. The topological polar surface area (TPSA) is 21.3 Å². The highest BCUT2D eigenvalue weighted by molar-refractivity contribution is 5.02. The maximum atomic E-state index is 5.13. The fourth-order valence-corrected chi connectivity index (χ4v) is 2.49. The molecule has 14 heavy (non-hydrogen) atoms. The minimum absolute atomic E-state index is 0.564. The average molecular weight is 199 g/mol. The van der Waals surface area contributed by atoms with Crippen LogP contribution in [0.3, 0.4) is 0 Å². The highest BCUT2D eigenvalue weighted by Crippen LogP contribution is 2.54. The maximum absolute atomic E-state index is 5.13. The lowest BCUT2D eigenvalue weighted by molar-refractivity contribution is 0.165. The van der Waals surface area contributed by atoms with Crippen LogP contribution in [-0.2, 0) is 4.74 Å². The summed E-state index contributed by atoms with van der Waals surface area (Å²) < 4.78 is 5.13. The van der Waals surface area contributed by atoms with Gasteiger partial charge in [0.1, 0.15) is 0 Å². The summed E-state index contributed by atoms with van der Waals surface area (Å²) in [4.78, 5) is 0. The van der Waals surface area contributed by atoms with Crippen molar-refractivity contribution in [1.82, 2.24) is 5.32 Å². The number of nitrogens with one attached hydrogen (secondary N) is 1. The van der Waals surface area contributed by atoms with Gasteiger partial charge in [0.05, 0.1) is 0 Å². The molecule has 2 heteroatoms. The van der Waals surface area contributed by atoms with Crippen LogP contribution in [0.5, 0.6) is 0 Å². The molecule has 2 nitrogen and oxygen atoms in total. The Morgan fingerprint density at radius 2 is 2.07 bits per heavy atom.